The summed E-state index contributed by atoms with van der Waals surface area (Å²) in [6, 6.07) is 3.02. The molecule has 0 aliphatic heterocycles. The molecule has 6 heteroatoms. The van der Waals surface area contributed by atoms with Crippen LogP contribution in [0, 0.1) is 0 Å². The number of carboxylic acid groups (broad SMARTS) is 1. The third-order valence-electron chi connectivity index (χ3n) is 1.40. The maximum absolute atomic E-state index is 10.4. The Balaban J connectivity index is 2.68. The number of fused-ring (bicyclic) bond motifs is 1. The Morgan fingerprint density at radius 1 is 1.46 bits per heavy atom. The predicted molar refractivity (Wildman–Crippen MR) is 43.8 cm³/mol. The molecule has 2 rings (SSSR count). The lowest BCUT2D eigenvalue weighted by Gasteiger charge is -1.84. The van der Waals surface area contributed by atoms with E-state index in [1.165, 1.54) is 12.1 Å². The molecule has 2 aromatic heterocycles. The van der Waals surface area contributed by atoms with Crippen molar-refractivity contribution in [2.24, 2.45) is 0 Å². The van der Waals surface area contributed by atoms with Crippen molar-refractivity contribution in [3.63, 3.8) is 0 Å². The molecule has 5 nitrogen and oxygen atoms in total. The summed E-state index contributed by atoms with van der Waals surface area (Å²) in [5, 5.41) is 8.79. The van der Waals surface area contributed by atoms with E-state index in [1.807, 2.05) is 0 Å². The zero-order valence-electron chi connectivity index (χ0n) is 6.19. The Bertz CT molecular complexity index is 480. The van der Waals surface area contributed by atoms with Crippen LogP contribution in [0.15, 0.2) is 16.5 Å². The zero-order chi connectivity index (χ0) is 9.42. The van der Waals surface area contributed by atoms with Crippen molar-refractivity contribution in [1.29, 1.82) is 0 Å². The summed E-state index contributed by atoms with van der Waals surface area (Å²) in [6.45, 7) is 0. The van der Waals surface area contributed by atoms with E-state index in [4.69, 9.17) is 21.1 Å². The number of hydrogen-bond acceptors (Lipinski definition) is 4. The highest BCUT2D eigenvalue weighted by Crippen LogP contribution is 2.15. The van der Waals surface area contributed by atoms with Crippen molar-refractivity contribution < 1.29 is 14.3 Å². The van der Waals surface area contributed by atoms with Crippen LogP contribution in [-0.2, 0) is 0 Å². The molecule has 0 amide bonds. The van der Waals surface area contributed by atoms with E-state index in [-0.39, 0.29) is 16.7 Å². The largest absolute Gasteiger partial charge is 0.474 e. The van der Waals surface area contributed by atoms with Crippen LogP contribution in [0.3, 0.4) is 0 Å². The lowest BCUT2D eigenvalue weighted by atomic mass is 10.5. The average Bonchev–Trinajstić information content (AvgIpc) is 2.46. The third kappa shape index (κ3) is 1.33. The van der Waals surface area contributed by atoms with Gasteiger partial charge in [0.2, 0.25) is 5.65 Å². The number of nitrogens with zero attached hydrogens (tertiary/aromatic N) is 2. The zero-order valence-corrected chi connectivity index (χ0v) is 6.95. The van der Waals surface area contributed by atoms with Crippen LogP contribution in [0.5, 0.6) is 0 Å². The molecule has 0 saturated carbocycles. The van der Waals surface area contributed by atoms with Gasteiger partial charge in [-0.05, 0) is 12.1 Å². The van der Waals surface area contributed by atoms with Crippen LogP contribution < -0.4 is 0 Å². The molecular formula is C7H3ClN2O3. The maximum Gasteiger partial charge on any atom is 0.392 e. The lowest BCUT2D eigenvalue weighted by Crippen LogP contribution is -1.94. The molecule has 13 heavy (non-hydrogen) atoms. The third-order valence-corrected chi connectivity index (χ3v) is 1.61. The Morgan fingerprint density at radius 3 is 2.92 bits per heavy atom. The number of oxazole rings is 1. The van der Waals surface area contributed by atoms with Gasteiger partial charge in [-0.25, -0.2) is 9.78 Å². The van der Waals surface area contributed by atoms with E-state index in [2.05, 4.69) is 9.97 Å². The van der Waals surface area contributed by atoms with Gasteiger partial charge in [-0.3, -0.25) is 0 Å². The number of rotatable bonds is 1. The molecule has 0 aromatic carbocycles. The monoisotopic (exact) mass is 198 g/mol. The average molecular weight is 199 g/mol. The van der Waals surface area contributed by atoms with E-state index in [0.29, 0.717) is 5.58 Å². The SMILES string of the molecule is O=C(O)c1nc2nc(Cl)ccc2o1. The summed E-state index contributed by atoms with van der Waals surface area (Å²) in [4.78, 5) is 17.8. The van der Waals surface area contributed by atoms with Crippen LogP contribution in [0.25, 0.3) is 11.2 Å². The summed E-state index contributed by atoms with van der Waals surface area (Å²) in [5.74, 6) is -1.61. The van der Waals surface area contributed by atoms with Crippen LogP contribution >= 0.6 is 11.6 Å². The van der Waals surface area contributed by atoms with E-state index < -0.39 is 5.97 Å². The first-order valence-electron chi connectivity index (χ1n) is 3.33. The molecule has 0 spiro atoms. The highest BCUT2D eigenvalue weighted by atomic mass is 35.5. The van der Waals surface area contributed by atoms with Gasteiger partial charge in [-0.2, -0.15) is 4.98 Å². The summed E-state index contributed by atoms with van der Waals surface area (Å²) in [5.41, 5.74) is 0.506. The molecule has 0 aliphatic carbocycles. The normalized spacial score (nSPS) is 10.5. The van der Waals surface area contributed by atoms with Gasteiger partial charge in [0.15, 0.2) is 5.58 Å². The van der Waals surface area contributed by atoms with Gasteiger partial charge < -0.3 is 9.52 Å². The van der Waals surface area contributed by atoms with Crippen LogP contribution in [0.4, 0.5) is 0 Å². The van der Waals surface area contributed by atoms with E-state index in [0.717, 1.165) is 0 Å². The minimum Gasteiger partial charge on any atom is -0.474 e. The number of carboxylic acids is 1. The number of aromatic nitrogens is 2. The molecule has 0 fully saturated rings. The molecule has 2 heterocycles. The van der Waals surface area contributed by atoms with Gasteiger partial charge in [-0.15, -0.1) is 0 Å². The highest BCUT2D eigenvalue weighted by Gasteiger charge is 2.13. The predicted octanol–water partition coefficient (Wildman–Crippen LogP) is 1.57. The van der Waals surface area contributed by atoms with Crippen LogP contribution in [0.1, 0.15) is 10.7 Å². The quantitative estimate of drug-likeness (QED) is 0.704. The van der Waals surface area contributed by atoms with Crippen molar-refractivity contribution in [2.45, 2.75) is 0 Å². The van der Waals surface area contributed by atoms with Gasteiger partial charge in [0.25, 0.3) is 0 Å². The first kappa shape index (κ1) is 8.00. The second-order valence-corrected chi connectivity index (χ2v) is 2.67. The second kappa shape index (κ2) is 2.70. The minimum atomic E-state index is -1.23. The summed E-state index contributed by atoms with van der Waals surface area (Å²) < 4.78 is 4.85. The van der Waals surface area contributed by atoms with E-state index in [1.54, 1.807) is 0 Å². The van der Waals surface area contributed by atoms with Crippen molar-refractivity contribution in [2.75, 3.05) is 0 Å². The molecular weight excluding hydrogens is 196 g/mol. The first-order chi connectivity index (χ1) is 6.16. The molecule has 0 radical (unpaired) electrons. The Labute approximate surface area is 77.0 Å². The highest BCUT2D eigenvalue weighted by molar-refractivity contribution is 6.29. The Morgan fingerprint density at radius 2 is 2.23 bits per heavy atom. The van der Waals surface area contributed by atoms with Crippen LogP contribution in [0.2, 0.25) is 5.15 Å². The van der Waals surface area contributed by atoms with Gasteiger partial charge in [-0.1, -0.05) is 11.6 Å². The van der Waals surface area contributed by atoms with Crippen molar-refractivity contribution in [3.05, 3.63) is 23.2 Å². The minimum absolute atomic E-state index is 0.199. The molecule has 1 N–H and O–H groups in total. The summed E-state index contributed by atoms with van der Waals surface area (Å²) >= 11 is 5.57. The molecule has 0 unspecified atom stereocenters. The maximum atomic E-state index is 10.4. The summed E-state index contributed by atoms with van der Waals surface area (Å²) in [6.07, 6.45) is 0. The topological polar surface area (TPSA) is 76.2 Å². The second-order valence-electron chi connectivity index (χ2n) is 2.28. The fourth-order valence-corrected chi connectivity index (χ4v) is 1.03. The fraction of sp³-hybridized carbons (Fsp3) is 0. The van der Waals surface area contributed by atoms with Gasteiger partial charge >= 0.3 is 11.9 Å². The lowest BCUT2D eigenvalue weighted by molar-refractivity contribution is 0.0656. The van der Waals surface area contributed by atoms with Gasteiger partial charge in [0, 0.05) is 0 Å². The number of aromatic carboxylic acids is 1. The van der Waals surface area contributed by atoms with Crippen LogP contribution in [-0.4, -0.2) is 21.0 Å². The smallest absolute Gasteiger partial charge is 0.392 e. The molecule has 0 saturated heterocycles. The standard InChI is InChI=1S/C7H3ClN2O3/c8-4-2-1-3-5(9-4)10-6(13-3)7(11)12/h1-2H,(H,11,12). The van der Waals surface area contributed by atoms with E-state index in [9.17, 15) is 4.79 Å². The number of hydrogen-bond donors (Lipinski definition) is 1. The van der Waals surface area contributed by atoms with E-state index >= 15 is 0 Å². The van der Waals surface area contributed by atoms with Crippen molar-refractivity contribution in [3.8, 4) is 0 Å². The van der Waals surface area contributed by atoms with Gasteiger partial charge in [0.1, 0.15) is 5.15 Å². The number of halogens is 1. The fourth-order valence-electron chi connectivity index (χ4n) is 0.887. The van der Waals surface area contributed by atoms with Crippen molar-refractivity contribution >= 4 is 28.8 Å². The molecule has 0 atom stereocenters. The molecule has 66 valence electrons. The number of carbonyl (C=O) groups is 1. The number of pyridine rings is 1. The first-order valence-corrected chi connectivity index (χ1v) is 3.71. The Hall–Kier alpha value is -1.62. The Kier molecular flexibility index (Phi) is 1.66. The van der Waals surface area contributed by atoms with Crippen molar-refractivity contribution in [1.82, 2.24) is 9.97 Å². The van der Waals surface area contributed by atoms with Gasteiger partial charge in [0.05, 0.1) is 0 Å². The molecule has 0 aliphatic rings. The molecule has 2 aromatic rings. The molecule has 0 bridgehead atoms. The summed E-state index contributed by atoms with van der Waals surface area (Å²) in [7, 11) is 0.